The van der Waals surface area contributed by atoms with Crippen molar-refractivity contribution in [1.82, 2.24) is 19.7 Å². The van der Waals surface area contributed by atoms with E-state index in [1.54, 1.807) is 18.0 Å². The Balaban J connectivity index is 1.75. The smallest absolute Gasteiger partial charge is 0.168 e. The molecule has 2 heterocycles. The molecule has 1 N–H and O–H groups in total. The van der Waals surface area contributed by atoms with E-state index in [0.717, 1.165) is 22.5 Å². The maximum Gasteiger partial charge on any atom is 0.168 e. The summed E-state index contributed by atoms with van der Waals surface area (Å²) in [7, 11) is 1.64. The molecular formula is C18H14ClN5O. The molecule has 0 unspecified atom stereocenters. The fraction of sp³-hybridized carbons (Fsp3) is 0.0556. The summed E-state index contributed by atoms with van der Waals surface area (Å²) >= 11 is 6.28. The molecule has 0 aliphatic carbocycles. The number of fused-ring (bicyclic) bond motifs is 1. The van der Waals surface area contributed by atoms with Crippen molar-refractivity contribution in [2.24, 2.45) is 0 Å². The van der Waals surface area contributed by atoms with Crippen LogP contribution in [-0.2, 0) is 0 Å². The van der Waals surface area contributed by atoms with Crippen LogP contribution < -0.4 is 10.1 Å². The molecule has 0 aliphatic rings. The van der Waals surface area contributed by atoms with Gasteiger partial charge in [0.2, 0.25) is 0 Å². The molecule has 0 fully saturated rings. The monoisotopic (exact) mass is 351 g/mol. The first-order valence-corrected chi connectivity index (χ1v) is 7.99. The Morgan fingerprint density at radius 1 is 1.04 bits per heavy atom. The topological polar surface area (TPSA) is 64.9 Å². The standard InChI is InChI=1S/C18H14ClN5O/c1-25-13-8-6-12(7-9-13)23-17-14-10-22-24(18(14)21-11-20-17)16-5-3-2-4-15(16)19/h2-11H,1H3,(H,20,21,23). The van der Waals surface area contributed by atoms with Crippen molar-refractivity contribution in [3.8, 4) is 11.4 Å². The SMILES string of the molecule is COc1ccc(Nc2ncnc3c2cnn3-c2ccccc2Cl)cc1. The Morgan fingerprint density at radius 3 is 2.60 bits per heavy atom. The van der Waals surface area contributed by atoms with E-state index in [-0.39, 0.29) is 0 Å². The van der Waals surface area contributed by atoms with Crippen molar-refractivity contribution in [2.75, 3.05) is 12.4 Å². The Labute approximate surface area is 149 Å². The summed E-state index contributed by atoms with van der Waals surface area (Å²) in [6.07, 6.45) is 3.23. The molecule has 0 saturated heterocycles. The summed E-state index contributed by atoms with van der Waals surface area (Å²) in [4.78, 5) is 8.69. The molecule has 0 spiro atoms. The minimum atomic E-state index is 0.607. The molecule has 7 heteroatoms. The summed E-state index contributed by atoms with van der Waals surface area (Å²) in [6, 6.07) is 15.1. The molecule has 0 bridgehead atoms. The summed E-state index contributed by atoms with van der Waals surface area (Å²) in [5.74, 6) is 1.47. The highest BCUT2D eigenvalue weighted by molar-refractivity contribution is 6.32. The van der Waals surface area contributed by atoms with Gasteiger partial charge < -0.3 is 10.1 Å². The van der Waals surface area contributed by atoms with E-state index in [0.29, 0.717) is 16.5 Å². The van der Waals surface area contributed by atoms with E-state index in [9.17, 15) is 0 Å². The van der Waals surface area contributed by atoms with E-state index in [1.165, 1.54) is 6.33 Å². The average molecular weight is 352 g/mol. The molecule has 124 valence electrons. The van der Waals surface area contributed by atoms with Gasteiger partial charge >= 0.3 is 0 Å². The Hall–Kier alpha value is -3.12. The number of nitrogens with one attached hydrogen (secondary N) is 1. The largest absolute Gasteiger partial charge is 0.497 e. The van der Waals surface area contributed by atoms with E-state index >= 15 is 0 Å². The van der Waals surface area contributed by atoms with E-state index in [1.807, 2.05) is 48.5 Å². The van der Waals surface area contributed by atoms with Gasteiger partial charge in [0.05, 0.1) is 29.4 Å². The zero-order chi connectivity index (χ0) is 17.2. The molecule has 0 saturated carbocycles. The van der Waals surface area contributed by atoms with Crippen LogP contribution in [0.25, 0.3) is 16.7 Å². The second-order valence-corrected chi connectivity index (χ2v) is 5.73. The van der Waals surface area contributed by atoms with Crippen LogP contribution in [0, 0.1) is 0 Å². The van der Waals surface area contributed by atoms with Crippen LogP contribution in [0.3, 0.4) is 0 Å². The van der Waals surface area contributed by atoms with Crippen LogP contribution in [0.4, 0.5) is 11.5 Å². The van der Waals surface area contributed by atoms with Crippen molar-refractivity contribution in [1.29, 1.82) is 0 Å². The van der Waals surface area contributed by atoms with Gasteiger partial charge in [-0.2, -0.15) is 5.10 Å². The molecule has 25 heavy (non-hydrogen) atoms. The normalized spacial score (nSPS) is 10.8. The molecular weight excluding hydrogens is 338 g/mol. The average Bonchev–Trinajstić information content (AvgIpc) is 3.08. The van der Waals surface area contributed by atoms with Gasteiger partial charge in [-0.3, -0.25) is 0 Å². The second-order valence-electron chi connectivity index (χ2n) is 5.32. The number of methoxy groups -OCH3 is 1. The fourth-order valence-electron chi connectivity index (χ4n) is 2.55. The molecule has 0 aliphatic heterocycles. The van der Waals surface area contributed by atoms with Crippen molar-refractivity contribution in [2.45, 2.75) is 0 Å². The molecule has 0 atom stereocenters. The molecule has 2 aromatic carbocycles. The predicted octanol–water partition coefficient (Wildman–Crippen LogP) is 4.22. The molecule has 0 radical (unpaired) electrons. The number of nitrogens with zero attached hydrogens (tertiary/aromatic N) is 4. The van der Waals surface area contributed by atoms with Crippen molar-refractivity contribution in [3.63, 3.8) is 0 Å². The Bertz CT molecular complexity index is 1030. The number of rotatable bonds is 4. The van der Waals surface area contributed by atoms with Gasteiger partial charge in [-0.25, -0.2) is 14.6 Å². The number of benzene rings is 2. The molecule has 2 aromatic heterocycles. The lowest BCUT2D eigenvalue weighted by Crippen LogP contribution is -2.00. The van der Waals surface area contributed by atoms with Gasteiger partial charge in [-0.05, 0) is 36.4 Å². The van der Waals surface area contributed by atoms with Gasteiger partial charge in [0.15, 0.2) is 5.65 Å². The number of para-hydroxylation sites is 1. The van der Waals surface area contributed by atoms with E-state index < -0.39 is 0 Å². The molecule has 0 amide bonds. The van der Waals surface area contributed by atoms with E-state index in [4.69, 9.17) is 16.3 Å². The van der Waals surface area contributed by atoms with Crippen LogP contribution in [0.5, 0.6) is 5.75 Å². The summed E-state index contributed by atoms with van der Waals surface area (Å²) in [5.41, 5.74) is 2.35. The zero-order valence-corrected chi connectivity index (χ0v) is 14.1. The third-order valence-electron chi connectivity index (χ3n) is 3.80. The van der Waals surface area contributed by atoms with Gasteiger partial charge in [0, 0.05) is 5.69 Å². The number of hydrogen-bond acceptors (Lipinski definition) is 5. The van der Waals surface area contributed by atoms with Crippen molar-refractivity contribution < 1.29 is 4.74 Å². The number of aromatic nitrogens is 4. The van der Waals surface area contributed by atoms with Crippen LogP contribution in [0.2, 0.25) is 5.02 Å². The number of anilines is 2. The summed E-state index contributed by atoms with van der Waals surface area (Å²) < 4.78 is 6.88. The minimum absolute atomic E-state index is 0.607. The quantitative estimate of drug-likeness (QED) is 0.596. The fourth-order valence-corrected chi connectivity index (χ4v) is 2.77. The number of hydrogen-bond donors (Lipinski definition) is 1. The minimum Gasteiger partial charge on any atom is -0.497 e. The molecule has 4 aromatic rings. The van der Waals surface area contributed by atoms with Crippen LogP contribution in [0.15, 0.2) is 61.1 Å². The third-order valence-corrected chi connectivity index (χ3v) is 4.12. The highest BCUT2D eigenvalue weighted by Crippen LogP contribution is 2.27. The maximum atomic E-state index is 6.28. The lowest BCUT2D eigenvalue weighted by molar-refractivity contribution is 0.415. The first kappa shape index (κ1) is 15.4. The second kappa shape index (κ2) is 6.41. The third kappa shape index (κ3) is 2.88. The van der Waals surface area contributed by atoms with Gasteiger partial charge in [0.1, 0.15) is 17.9 Å². The first-order chi connectivity index (χ1) is 12.3. The van der Waals surface area contributed by atoms with Crippen LogP contribution in [-0.4, -0.2) is 26.9 Å². The summed E-state index contributed by atoms with van der Waals surface area (Å²) in [6.45, 7) is 0. The lowest BCUT2D eigenvalue weighted by Gasteiger charge is -2.08. The number of ether oxygens (including phenoxy) is 1. The van der Waals surface area contributed by atoms with Crippen LogP contribution in [0.1, 0.15) is 0 Å². The summed E-state index contributed by atoms with van der Waals surface area (Å²) in [5, 5.41) is 9.12. The number of halogens is 1. The van der Waals surface area contributed by atoms with Crippen molar-refractivity contribution in [3.05, 3.63) is 66.1 Å². The van der Waals surface area contributed by atoms with E-state index in [2.05, 4.69) is 20.4 Å². The Morgan fingerprint density at radius 2 is 1.84 bits per heavy atom. The van der Waals surface area contributed by atoms with Gasteiger partial charge in [-0.1, -0.05) is 23.7 Å². The zero-order valence-electron chi connectivity index (χ0n) is 13.3. The van der Waals surface area contributed by atoms with Crippen LogP contribution >= 0.6 is 11.6 Å². The molecule has 6 nitrogen and oxygen atoms in total. The lowest BCUT2D eigenvalue weighted by atomic mass is 10.3. The highest BCUT2D eigenvalue weighted by atomic mass is 35.5. The molecule has 4 rings (SSSR count). The van der Waals surface area contributed by atoms with Gasteiger partial charge in [0.25, 0.3) is 0 Å². The predicted molar refractivity (Wildman–Crippen MR) is 97.9 cm³/mol. The maximum absolute atomic E-state index is 6.28. The Kier molecular flexibility index (Phi) is 3.95. The highest BCUT2D eigenvalue weighted by Gasteiger charge is 2.13. The first-order valence-electron chi connectivity index (χ1n) is 7.61. The van der Waals surface area contributed by atoms with Crippen molar-refractivity contribution >= 4 is 34.1 Å². The van der Waals surface area contributed by atoms with Gasteiger partial charge in [-0.15, -0.1) is 0 Å².